The SMILES string of the molecule is CO[C@]1(c2nc(-c3ccccc3)c(-c3ccccc3)o2)CCCC[C@@H]1Cc1cccc(OOC(C)=O)c1. The minimum atomic E-state index is -0.665. The van der Waals surface area contributed by atoms with E-state index in [-0.39, 0.29) is 5.92 Å². The number of methoxy groups -OCH3 is 1. The third-order valence-electron chi connectivity index (χ3n) is 7.08. The molecule has 0 aliphatic heterocycles. The number of hydrogen-bond acceptors (Lipinski definition) is 6. The molecule has 5 rings (SSSR count). The first-order valence-electron chi connectivity index (χ1n) is 12.7. The van der Waals surface area contributed by atoms with Gasteiger partial charge in [-0.25, -0.2) is 9.78 Å². The molecule has 0 saturated heterocycles. The van der Waals surface area contributed by atoms with E-state index in [1.165, 1.54) is 6.92 Å². The zero-order chi connectivity index (χ0) is 25.7. The lowest BCUT2D eigenvalue weighted by molar-refractivity contribution is -0.210. The van der Waals surface area contributed by atoms with Gasteiger partial charge in [0.25, 0.3) is 0 Å². The van der Waals surface area contributed by atoms with E-state index in [2.05, 4.69) is 18.2 Å². The zero-order valence-electron chi connectivity index (χ0n) is 21.2. The van der Waals surface area contributed by atoms with Crippen molar-refractivity contribution in [2.45, 2.75) is 44.6 Å². The molecule has 6 nitrogen and oxygen atoms in total. The molecule has 0 amide bonds. The van der Waals surface area contributed by atoms with Crippen LogP contribution in [0.4, 0.5) is 0 Å². The molecule has 2 atom stereocenters. The summed E-state index contributed by atoms with van der Waals surface area (Å²) in [6.07, 6.45) is 4.68. The maximum atomic E-state index is 11.2. The average molecular weight is 498 g/mol. The molecular weight excluding hydrogens is 466 g/mol. The normalized spacial score (nSPS) is 19.4. The second-order valence-electron chi connectivity index (χ2n) is 9.47. The topological polar surface area (TPSA) is 70.8 Å². The van der Waals surface area contributed by atoms with Crippen LogP contribution in [0, 0.1) is 5.92 Å². The Labute approximate surface area is 217 Å². The minimum Gasteiger partial charge on any atom is -0.437 e. The van der Waals surface area contributed by atoms with Crippen molar-refractivity contribution in [2.24, 2.45) is 5.92 Å². The van der Waals surface area contributed by atoms with Crippen LogP contribution in [0.25, 0.3) is 22.6 Å². The molecular formula is C31H31NO5. The van der Waals surface area contributed by atoms with E-state index in [0.29, 0.717) is 11.6 Å². The summed E-state index contributed by atoms with van der Waals surface area (Å²) in [6, 6.07) is 27.9. The Kier molecular flexibility index (Phi) is 7.37. The summed E-state index contributed by atoms with van der Waals surface area (Å²) >= 11 is 0. The molecule has 0 unspecified atom stereocenters. The fourth-order valence-electron chi connectivity index (χ4n) is 5.31. The van der Waals surface area contributed by atoms with Gasteiger partial charge in [0.1, 0.15) is 11.3 Å². The maximum Gasteiger partial charge on any atom is 0.352 e. The monoisotopic (exact) mass is 497 g/mol. The third kappa shape index (κ3) is 5.30. The van der Waals surface area contributed by atoms with Gasteiger partial charge in [0, 0.05) is 31.1 Å². The lowest BCUT2D eigenvalue weighted by atomic mass is 9.72. The van der Waals surface area contributed by atoms with Crippen molar-refractivity contribution in [1.29, 1.82) is 0 Å². The molecule has 0 spiro atoms. The van der Waals surface area contributed by atoms with Crippen molar-refractivity contribution in [3.05, 3.63) is 96.4 Å². The third-order valence-corrected chi connectivity index (χ3v) is 7.08. The fourth-order valence-corrected chi connectivity index (χ4v) is 5.31. The van der Waals surface area contributed by atoms with E-state index >= 15 is 0 Å². The molecule has 37 heavy (non-hydrogen) atoms. The van der Waals surface area contributed by atoms with Crippen molar-refractivity contribution >= 4 is 5.97 Å². The molecule has 6 heteroatoms. The Morgan fingerprint density at radius 1 is 0.973 bits per heavy atom. The number of hydrogen-bond donors (Lipinski definition) is 0. The predicted molar refractivity (Wildman–Crippen MR) is 141 cm³/mol. The van der Waals surface area contributed by atoms with Crippen LogP contribution in [-0.2, 0) is 26.4 Å². The maximum absolute atomic E-state index is 11.2. The molecule has 0 radical (unpaired) electrons. The number of ether oxygens (including phenoxy) is 1. The van der Waals surface area contributed by atoms with E-state index in [0.717, 1.165) is 60.2 Å². The van der Waals surface area contributed by atoms with Gasteiger partial charge < -0.3 is 9.15 Å². The van der Waals surface area contributed by atoms with Crippen LogP contribution in [0.2, 0.25) is 0 Å². The highest BCUT2D eigenvalue weighted by atomic mass is 17.2. The fraction of sp³-hybridized carbons (Fsp3) is 0.290. The van der Waals surface area contributed by atoms with Gasteiger partial charge in [-0.2, -0.15) is 0 Å². The van der Waals surface area contributed by atoms with E-state index in [1.54, 1.807) is 13.2 Å². The molecule has 0 bridgehead atoms. The van der Waals surface area contributed by atoms with Gasteiger partial charge in [-0.15, -0.1) is 0 Å². The summed E-state index contributed by atoms with van der Waals surface area (Å²) in [7, 11) is 1.76. The first-order valence-corrected chi connectivity index (χ1v) is 12.7. The quantitative estimate of drug-likeness (QED) is 0.190. The summed E-state index contributed by atoms with van der Waals surface area (Å²) in [4.78, 5) is 26.1. The van der Waals surface area contributed by atoms with Crippen LogP contribution in [-0.4, -0.2) is 18.1 Å². The second-order valence-corrected chi connectivity index (χ2v) is 9.47. The van der Waals surface area contributed by atoms with Crippen molar-refractivity contribution in [3.63, 3.8) is 0 Å². The summed E-state index contributed by atoms with van der Waals surface area (Å²) in [5, 5.41) is 0. The Hall–Kier alpha value is -3.90. The summed E-state index contributed by atoms with van der Waals surface area (Å²) in [5.74, 6) is 1.49. The molecule has 1 heterocycles. The molecule has 0 N–H and O–H groups in total. The Balaban J connectivity index is 1.53. The highest BCUT2D eigenvalue weighted by Crippen LogP contribution is 2.48. The standard InChI is InChI=1S/C31H31NO5/c1-22(33)36-37-27-18-11-12-23(21-27)20-26-17-9-10-19-31(26,34-2)30-32-28(24-13-5-3-6-14-24)29(35-30)25-15-7-4-8-16-25/h3-8,11-16,18,21,26H,9-10,17,19-20H2,1-2H3/t26-,31-/m1/s1. The highest BCUT2D eigenvalue weighted by molar-refractivity contribution is 5.76. The number of aromatic nitrogens is 1. The number of benzene rings is 3. The Morgan fingerprint density at radius 3 is 2.41 bits per heavy atom. The number of nitrogens with zero attached hydrogens (tertiary/aromatic N) is 1. The van der Waals surface area contributed by atoms with Crippen molar-refractivity contribution < 1.29 is 23.7 Å². The molecule has 1 aromatic heterocycles. The Morgan fingerprint density at radius 2 is 1.70 bits per heavy atom. The second kappa shape index (κ2) is 11.0. The average Bonchev–Trinajstić information content (AvgIpc) is 3.40. The van der Waals surface area contributed by atoms with Crippen LogP contribution in [0.15, 0.2) is 89.3 Å². The van der Waals surface area contributed by atoms with E-state index < -0.39 is 11.6 Å². The van der Waals surface area contributed by atoms with Crippen LogP contribution >= 0.6 is 0 Å². The van der Waals surface area contributed by atoms with Gasteiger partial charge in [-0.1, -0.05) is 85.6 Å². The first-order chi connectivity index (χ1) is 18.1. The number of carbonyl (C=O) groups is 1. The van der Waals surface area contributed by atoms with E-state index in [1.807, 2.05) is 60.7 Å². The van der Waals surface area contributed by atoms with Crippen molar-refractivity contribution in [1.82, 2.24) is 4.98 Å². The van der Waals surface area contributed by atoms with Crippen LogP contribution in [0.1, 0.15) is 44.1 Å². The zero-order valence-corrected chi connectivity index (χ0v) is 21.2. The summed E-state index contributed by atoms with van der Waals surface area (Å²) in [6.45, 7) is 1.31. The first kappa shape index (κ1) is 24.8. The molecule has 1 saturated carbocycles. The van der Waals surface area contributed by atoms with Gasteiger partial charge in [-0.3, -0.25) is 9.78 Å². The largest absolute Gasteiger partial charge is 0.437 e. The van der Waals surface area contributed by atoms with Crippen molar-refractivity contribution in [3.8, 4) is 28.3 Å². The van der Waals surface area contributed by atoms with E-state index in [4.69, 9.17) is 23.9 Å². The minimum absolute atomic E-state index is 0.140. The van der Waals surface area contributed by atoms with Gasteiger partial charge in [0.15, 0.2) is 11.5 Å². The molecule has 1 aliphatic rings. The number of carbonyl (C=O) groups excluding carboxylic acids is 1. The molecule has 3 aromatic carbocycles. The highest BCUT2D eigenvalue weighted by Gasteiger charge is 2.47. The molecule has 4 aromatic rings. The Bertz CT molecular complexity index is 1280. The summed E-state index contributed by atoms with van der Waals surface area (Å²) in [5.41, 5.74) is 3.21. The predicted octanol–water partition coefficient (Wildman–Crippen LogP) is 7.14. The number of oxazole rings is 1. The van der Waals surface area contributed by atoms with Crippen LogP contribution in [0.3, 0.4) is 0 Å². The molecule has 1 aliphatic carbocycles. The smallest absolute Gasteiger partial charge is 0.352 e. The number of rotatable bonds is 8. The van der Waals surface area contributed by atoms with Gasteiger partial charge in [-0.05, 0) is 37.0 Å². The van der Waals surface area contributed by atoms with E-state index in [9.17, 15) is 4.79 Å². The van der Waals surface area contributed by atoms with Crippen molar-refractivity contribution in [2.75, 3.05) is 7.11 Å². The van der Waals surface area contributed by atoms with Gasteiger partial charge in [0.05, 0.1) is 0 Å². The van der Waals surface area contributed by atoms with Crippen LogP contribution in [0.5, 0.6) is 5.75 Å². The molecule has 190 valence electrons. The van der Waals surface area contributed by atoms with Gasteiger partial charge in [0.2, 0.25) is 5.89 Å². The lowest BCUT2D eigenvalue weighted by Crippen LogP contribution is -2.41. The lowest BCUT2D eigenvalue weighted by Gasteiger charge is -2.40. The molecule has 1 fully saturated rings. The summed E-state index contributed by atoms with van der Waals surface area (Å²) < 4.78 is 13.0. The van der Waals surface area contributed by atoms with Gasteiger partial charge >= 0.3 is 5.97 Å². The van der Waals surface area contributed by atoms with Crippen LogP contribution < -0.4 is 4.89 Å².